The van der Waals surface area contributed by atoms with Crippen LogP contribution in [0.15, 0.2) is 6.07 Å². The van der Waals surface area contributed by atoms with E-state index >= 15 is 0 Å². The number of hydrogen-bond acceptors (Lipinski definition) is 3. The van der Waals surface area contributed by atoms with Crippen LogP contribution in [0.25, 0.3) is 0 Å². The molecule has 1 fully saturated rings. The van der Waals surface area contributed by atoms with Gasteiger partial charge in [0.05, 0.1) is 5.56 Å². The van der Waals surface area contributed by atoms with Gasteiger partial charge in [0.15, 0.2) is 17.4 Å². The van der Waals surface area contributed by atoms with E-state index in [4.69, 9.17) is 0 Å². The maximum Gasteiger partial charge on any atom is 0.257 e. The fourth-order valence-electron chi connectivity index (χ4n) is 4.44. The van der Waals surface area contributed by atoms with Crippen LogP contribution in [0.3, 0.4) is 0 Å². The topological polar surface area (TPSA) is 52.6 Å². The number of rotatable bonds is 5. The van der Waals surface area contributed by atoms with Crippen molar-refractivity contribution in [3.05, 3.63) is 28.8 Å². The highest BCUT2D eigenvalue weighted by molar-refractivity contribution is 5.99. The second-order valence-corrected chi connectivity index (χ2v) is 8.13. The molecule has 2 N–H and O–H groups in total. The summed E-state index contributed by atoms with van der Waals surface area (Å²) in [4.78, 5) is 14.1. The number of halogens is 2. The van der Waals surface area contributed by atoms with Gasteiger partial charge in [0, 0.05) is 25.2 Å². The molecule has 1 unspecified atom stereocenters. The van der Waals surface area contributed by atoms with Crippen molar-refractivity contribution in [2.75, 3.05) is 6.54 Å². The van der Waals surface area contributed by atoms with Crippen LogP contribution in [0.4, 0.5) is 8.78 Å². The lowest BCUT2D eigenvalue weighted by atomic mass is 9.78. The number of hydrogen-bond donors (Lipinski definition) is 2. The number of fused-ring (bicyclic) bond motifs is 1. The number of benzene rings is 1. The number of amides is 1. The van der Waals surface area contributed by atoms with Gasteiger partial charge in [-0.2, -0.15) is 0 Å². The molecule has 4 nitrogen and oxygen atoms in total. The standard InChI is InChI=1S/C20H28F2N2O2/c1-11(2)23-12(3)14-6-4-13(5-7-14)9-24-10-15-8-16(21)19(25)18(22)17(15)20(24)26/h8,11-14,23,25H,4-7,9-10H2,1-3H3/t12?,13-,14-. The van der Waals surface area contributed by atoms with E-state index in [1.54, 1.807) is 4.90 Å². The molecule has 3 rings (SSSR count). The molecule has 26 heavy (non-hydrogen) atoms. The minimum atomic E-state index is -1.13. The molecule has 1 saturated carbocycles. The Kier molecular flexibility index (Phi) is 5.51. The molecule has 0 aromatic heterocycles. The van der Waals surface area contributed by atoms with Crippen molar-refractivity contribution in [3.63, 3.8) is 0 Å². The summed E-state index contributed by atoms with van der Waals surface area (Å²) in [6, 6.07) is 2.02. The first-order chi connectivity index (χ1) is 12.3. The SMILES string of the molecule is CC(C)NC(C)[C@H]1CC[C@H](CN2Cc3cc(F)c(O)c(F)c3C2=O)CC1. The third kappa shape index (κ3) is 3.70. The Balaban J connectivity index is 1.58. The summed E-state index contributed by atoms with van der Waals surface area (Å²) >= 11 is 0. The van der Waals surface area contributed by atoms with Gasteiger partial charge in [0.1, 0.15) is 0 Å². The van der Waals surface area contributed by atoms with Gasteiger partial charge in [-0.25, -0.2) is 8.78 Å². The number of nitrogens with one attached hydrogen (secondary N) is 1. The Morgan fingerprint density at radius 2 is 1.88 bits per heavy atom. The van der Waals surface area contributed by atoms with E-state index in [0.717, 1.165) is 31.7 Å². The summed E-state index contributed by atoms with van der Waals surface area (Å²) in [7, 11) is 0. The van der Waals surface area contributed by atoms with Gasteiger partial charge in [0.2, 0.25) is 0 Å². The summed E-state index contributed by atoms with van der Waals surface area (Å²) < 4.78 is 27.6. The second-order valence-electron chi connectivity index (χ2n) is 8.13. The first kappa shape index (κ1) is 19.1. The van der Waals surface area contributed by atoms with Crippen molar-refractivity contribution in [2.24, 2.45) is 11.8 Å². The predicted octanol–water partition coefficient (Wildman–Crippen LogP) is 3.82. The first-order valence-electron chi connectivity index (χ1n) is 9.53. The summed E-state index contributed by atoms with van der Waals surface area (Å²) in [6.45, 7) is 7.31. The lowest BCUT2D eigenvalue weighted by molar-refractivity contribution is 0.0721. The smallest absolute Gasteiger partial charge is 0.257 e. The van der Waals surface area contributed by atoms with Crippen LogP contribution < -0.4 is 5.32 Å². The van der Waals surface area contributed by atoms with Gasteiger partial charge in [-0.1, -0.05) is 13.8 Å². The Morgan fingerprint density at radius 1 is 1.23 bits per heavy atom. The molecule has 1 heterocycles. The Hall–Kier alpha value is -1.69. The van der Waals surface area contributed by atoms with Crippen molar-refractivity contribution in [1.82, 2.24) is 10.2 Å². The third-order valence-corrected chi connectivity index (χ3v) is 5.81. The maximum atomic E-state index is 14.1. The largest absolute Gasteiger partial charge is 0.503 e. The summed E-state index contributed by atoms with van der Waals surface area (Å²) in [6.07, 6.45) is 4.31. The molecule has 0 bridgehead atoms. The van der Waals surface area contributed by atoms with Gasteiger partial charge >= 0.3 is 0 Å². The number of nitrogens with zero attached hydrogens (tertiary/aromatic N) is 1. The molecule has 1 aliphatic carbocycles. The van der Waals surface area contributed by atoms with Gasteiger partial charge < -0.3 is 15.3 Å². The molecule has 1 amide bonds. The van der Waals surface area contributed by atoms with Gasteiger partial charge in [-0.3, -0.25) is 4.79 Å². The molecular weight excluding hydrogens is 338 g/mol. The monoisotopic (exact) mass is 366 g/mol. The first-order valence-corrected chi connectivity index (χ1v) is 9.53. The highest BCUT2D eigenvalue weighted by Gasteiger charge is 2.35. The number of phenolic OH excluding ortho intramolecular Hbond substituents is 1. The predicted molar refractivity (Wildman–Crippen MR) is 95.9 cm³/mol. The maximum absolute atomic E-state index is 14.1. The summed E-state index contributed by atoms with van der Waals surface area (Å²) in [5.74, 6) is -2.62. The lowest BCUT2D eigenvalue weighted by Gasteiger charge is -2.35. The minimum Gasteiger partial charge on any atom is -0.503 e. The van der Waals surface area contributed by atoms with Crippen LogP contribution in [0.2, 0.25) is 0 Å². The van der Waals surface area contributed by atoms with E-state index in [-0.39, 0.29) is 12.1 Å². The number of phenols is 1. The Bertz CT molecular complexity index is 685. The van der Waals surface area contributed by atoms with Gasteiger partial charge in [-0.05, 0) is 56.1 Å². The molecule has 6 heteroatoms. The normalized spacial score (nSPS) is 24.2. The molecule has 1 aliphatic heterocycles. The molecular formula is C20H28F2N2O2. The lowest BCUT2D eigenvalue weighted by Crippen LogP contribution is -2.40. The highest BCUT2D eigenvalue weighted by atomic mass is 19.1. The fourth-order valence-corrected chi connectivity index (χ4v) is 4.44. The van der Waals surface area contributed by atoms with E-state index in [2.05, 4.69) is 26.1 Å². The van der Waals surface area contributed by atoms with Crippen molar-refractivity contribution < 1.29 is 18.7 Å². The van der Waals surface area contributed by atoms with E-state index in [9.17, 15) is 18.7 Å². The molecule has 2 aliphatic rings. The number of carbonyl (C=O) groups excluding carboxylic acids is 1. The Labute approximate surface area is 153 Å². The zero-order valence-electron chi connectivity index (χ0n) is 15.7. The molecule has 1 aromatic carbocycles. The fraction of sp³-hybridized carbons (Fsp3) is 0.650. The third-order valence-electron chi connectivity index (χ3n) is 5.81. The van der Waals surface area contributed by atoms with Crippen LogP contribution >= 0.6 is 0 Å². The van der Waals surface area contributed by atoms with Crippen molar-refractivity contribution in [2.45, 2.75) is 65.1 Å². The minimum absolute atomic E-state index is 0.174. The average Bonchev–Trinajstić information content (AvgIpc) is 2.88. The van der Waals surface area contributed by atoms with Crippen LogP contribution in [-0.2, 0) is 6.54 Å². The number of aromatic hydroxyl groups is 1. The molecule has 0 radical (unpaired) electrons. The van der Waals surface area contributed by atoms with E-state index in [0.29, 0.717) is 36.0 Å². The summed E-state index contributed by atoms with van der Waals surface area (Å²) in [5.41, 5.74) is 0.151. The van der Waals surface area contributed by atoms with Crippen molar-refractivity contribution in [1.29, 1.82) is 0 Å². The zero-order chi connectivity index (χ0) is 19.0. The molecule has 0 spiro atoms. The second kappa shape index (κ2) is 7.51. The van der Waals surface area contributed by atoms with Gasteiger partial charge in [-0.15, -0.1) is 0 Å². The highest BCUT2D eigenvalue weighted by Crippen LogP contribution is 2.36. The Morgan fingerprint density at radius 3 is 2.50 bits per heavy atom. The van der Waals surface area contributed by atoms with Crippen LogP contribution in [0, 0.1) is 23.5 Å². The quantitative estimate of drug-likeness (QED) is 0.833. The molecule has 1 atom stereocenters. The molecule has 0 saturated heterocycles. The summed E-state index contributed by atoms with van der Waals surface area (Å²) in [5, 5.41) is 13.0. The number of carbonyl (C=O) groups is 1. The van der Waals surface area contributed by atoms with Crippen LogP contribution in [-0.4, -0.2) is 34.5 Å². The van der Waals surface area contributed by atoms with Gasteiger partial charge in [0.25, 0.3) is 5.91 Å². The van der Waals surface area contributed by atoms with Crippen molar-refractivity contribution >= 4 is 5.91 Å². The zero-order valence-corrected chi connectivity index (χ0v) is 15.7. The van der Waals surface area contributed by atoms with E-state index < -0.39 is 23.3 Å². The van der Waals surface area contributed by atoms with E-state index in [1.165, 1.54) is 0 Å². The van der Waals surface area contributed by atoms with Crippen LogP contribution in [0.5, 0.6) is 5.75 Å². The van der Waals surface area contributed by atoms with Crippen LogP contribution in [0.1, 0.15) is 62.4 Å². The molecule has 1 aromatic rings. The molecule has 144 valence electrons. The average molecular weight is 366 g/mol. The van der Waals surface area contributed by atoms with E-state index in [1.807, 2.05) is 0 Å². The van der Waals surface area contributed by atoms with Crippen molar-refractivity contribution in [3.8, 4) is 5.75 Å².